The molecule has 2 heteroatoms. The molecule has 0 amide bonds. The Labute approximate surface area is 167 Å². The number of pyridine rings is 1. The van der Waals surface area contributed by atoms with E-state index in [1.807, 2.05) is 0 Å². The molecule has 28 heavy (non-hydrogen) atoms. The fourth-order valence-corrected chi connectivity index (χ4v) is 3.62. The van der Waals surface area contributed by atoms with Crippen molar-refractivity contribution in [2.24, 2.45) is 0 Å². The Hall–Kier alpha value is -2.97. The zero-order valence-electron chi connectivity index (χ0n) is 16.7. The number of rotatable bonds is 4. The monoisotopic (exact) mass is 366 g/mol. The highest BCUT2D eigenvalue weighted by molar-refractivity contribution is 5.95. The van der Waals surface area contributed by atoms with Crippen LogP contribution in [0.1, 0.15) is 38.1 Å². The van der Waals surface area contributed by atoms with Gasteiger partial charge in [0.2, 0.25) is 0 Å². The Balaban J connectivity index is 1.82. The van der Waals surface area contributed by atoms with Crippen LogP contribution < -0.4 is 5.32 Å². The summed E-state index contributed by atoms with van der Waals surface area (Å²) in [5, 5.41) is 6.21. The first kappa shape index (κ1) is 18.4. The molecule has 1 unspecified atom stereocenters. The van der Waals surface area contributed by atoms with Crippen molar-refractivity contribution in [1.29, 1.82) is 0 Å². The molecule has 2 nitrogen and oxygen atoms in total. The molecule has 0 spiro atoms. The molecule has 0 aliphatic rings. The van der Waals surface area contributed by atoms with Gasteiger partial charge < -0.3 is 5.32 Å². The predicted molar refractivity (Wildman–Crippen MR) is 118 cm³/mol. The number of hydrogen-bond donors (Lipinski definition) is 1. The molecule has 0 aliphatic carbocycles. The van der Waals surface area contributed by atoms with Gasteiger partial charge in [-0.05, 0) is 49.2 Å². The molecular formula is C26H26N2. The highest BCUT2D eigenvalue weighted by Crippen LogP contribution is 2.30. The van der Waals surface area contributed by atoms with E-state index < -0.39 is 0 Å². The largest absolute Gasteiger partial charge is 0.300 e. The van der Waals surface area contributed by atoms with E-state index >= 15 is 0 Å². The van der Waals surface area contributed by atoms with Gasteiger partial charge in [0, 0.05) is 11.1 Å². The average Bonchev–Trinajstić information content (AvgIpc) is 2.72. The van der Waals surface area contributed by atoms with Crippen LogP contribution in [0.4, 0.5) is 0 Å². The van der Waals surface area contributed by atoms with E-state index in [1.54, 1.807) is 0 Å². The molecule has 0 saturated carbocycles. The van der Waals surface area contributed by atoms with Crippen LogP contribution in [0.2, 0.25) is 0 Å². The highest BCUT2D eigenvalue weighted by Gasteiger charge is 2.22. The van der Waals surface area contributed by atoms with Crippen molar-refractivity contribution in [3.63, 3.8) is 0 Å². The van der Waals surface area contributed by atoms with Gasteiger partial charge in [0.15, 0.2) is 0 Å². The maximum Gasteiger partial charge on any atom is 0.0755 e. The van der Waals surface area contributed by atoms with Crippen LogP contribution in [0.15, 0.2) is 91.0 Å². The van der Waals surface area contributed by atoms with Crippen LogP contribution in [-0.2, 0) is 0 Å². The van der Waals surface area contributed by atoms with Gasteiger partial charge >= 0.3 is 0 Å². The second kappa shape index (κ2) is 7.57. The van der Waals surface area contributed by atoms with Gasteiger partial charge in [0.25, 0.3) is 0 Å². The Morgan fingerprint density at radius 1 is 0.714 bits per heavy atom. The second-order valence-electron chi connectivity index (χ2n) is 8.21. The second-order valence-corrected chi connectivity index (χ2v) is 8.21. The van der Waals surface area contributed by atoms with E-state index in [1.165, 1.54) is 21.9 Å². The Kier molecular flexibility index (Phi) is 4.97. The minimum absolute atomic E-state index is 0.0301. The van der Waals surface area contributed by atoms with E-state index in [0.29, 0.717) is 0 Å². The van der Waals surface area contributed by atoms with Gasteiger partial charge in [-0.2, -0.15) is 0 Å². The molecule has 4 aromatic rings. The molecule has 0 radical (unpaired) electrons. The molecule has 0 saturated heterocycles. The average molecular weight is 367 g/mol. The van der Waals surface area contributed by atoms with Crippen LogP contribution in [0.5, 0.6) is 0 Å². The first-order valence-corrected chi connectivity index (χ1v) is 9.79. The van der Waals surface area contributed by atoms with Gasteiger partial charge in [0.05, 0.1) is 17.4 Å². The van der Waals surface area contributed by atoms with Crippen molar-refractivity contribution >= 4 is 10.8 Å². The normalized spacial score (nSPS) is 12.8. The number of nitrogens with one attached hydrogen (secondary N) is 1. The first-order chi connectivity index (χ1) is 13.5. The lowest BCUT2D eigenvalue weighted by Gasteiger charge is -2.29. The zero-order valence-corrected chi connectivity index (χ0v) is 16.7. The van der Waals surface area contributed by atoms with E-state index in [-0.39, 0.29) is 11.6 Å². The summed E-state index contributed by atoms with van der Waals surface area (Å²) in [5.74, 6) is 0. The van der Waals surface area contributed by atoms with Crippen molar-refractivity contribution in [3.8, 4) is 11.3 Å². The van der Waals surface area contributed by atoms with Crippen molar-refractivity contribution < 1.29 is 0 Å². The molecule has 1 aromatic heterocycles. The lowest BCUT2D eigenvalue weighted by molar-refractivity contribution is 0.387. The lowest BCUT2D eigenvalue weighted by atomic mass is 9.97. The smallest absolute Gasteiger partial charge is 0.0755 e. The van der Waals surface area contributed by atoms with Crippen LogP contribution in [0, 0.1) is 0 Å². The van der Waals surface area contributed by atoms with Gasteiger partial charge in [0.1, 0.15) is 0 Å². The summed E-state index contributed by atoms with van der Waals surface area (Å²) < 4.78 is 0. The topological polar surface area (TPSA) is 24.9 Å². The number of benzene rings is 3. The van der Waals surface area contributed by atoms with E-state index in [2.05, 4.69) is 117 Å². The maximum atomic E-state index is 5.09. The molecule has 0 bridgehead atoms. The third kappa shape index (κ3) is 3.97. The van der Waals surface area contributed by atoms with Gasteiger partial charge in [-0.1, -0.05) is 78.9 Å². The summed E-state index contributed by atoms with van der Waals surface area (Å²) in [6, 6.07) is 31.8. The van der Waals surface area contributed by atoms with E-state index in [4.69, 9.17) is 4.98 Å². The molecule has 0 fully saturated rings. The molecular weight excluding hydrogens is 340 g/mol. The molecule has 1 atom stereocenters. The minimum Gasteiger partial charge on any atom is -0.300 e. The molecule has 0 aliphatic heterocycles. The Morgan fingerprint density at radius 3 is 2.18 bits per heavy atom. The van der Waals surface area contributed by atoms with Crippen LogP contribution in [0.3, 0.4) is 0 Å². The van der Waals surface area contributed by atoms with Gasteiger partial charge in [-0.25, -0.2) is 0 Å². The summed E-state index contributed by atoms with van der Waals surface area (Å²) >= 11 is 0. The third-order valence-electron chi connectivity index (χ3n) is 4.84. The van der Waals surface area contributed by atoms with Crippen molar-refractivity contribution in [1.82, 2.24) is 10.3 Å². The van der Waals surface area contributed by atoms with Crippen LogP contribution in [-0.4, -0.2) is 10.5 Å². The summed E-state index contributed by atoms with van der Waals surface area (Å²) in [6.45, 7) is 6.58. The summed E-state index contributed by atoms with van der Waals surface area (Å²) in [4.78, 5) is 5.09. The minimum atomic E-state index is -0.0301. The fraction of sp³-hybridized carbons (Fsp3) is 0.192. The first-order valence-electron chi connectivity index (χ1n) is 9.79. The van der Waals surface area contributed by atoms with Crippen LogP contribution in [0.25, 0.3) is 22.0 Å². The number of nitrogens with zero attached hydrogens (tertiary/aromatic N) is 1. The summed E-state index contributed by atoms with van der Waals surface area (Å²) in [6.07, 6.45) is 0. The molecule has 1 heterocycles. The van der Waals surface area contributed by atoms with Gasteiger partial charge in [-0.3, -0.25) is 4.98 Å². The number of aromatic nitrogens is 1. The van der Waals surface area contributed by atoms with E-state index in [0.717, 1.165) is 11.4 Å². The summed E-state index contributed by atoms with van der Waals surface area (Å²) in [5.41, 5.74) is 4.40. The predicted octanol–water partition coefficient (Wildman–Crippen LogP) is 6.38. The fourth-order valence-electron chi connectivity index (χ4n) is 3.62. The molecule has 3 aromatic carbocycles. The van der Waals surface area contributed by atoms with Crippen molar-refractivity contribution in [2.75, 3.05) is 0 Å². The third-order valence-corrected chi connectivity index (χ3v) is 4.84. The van der Waals surface area contributed by atoms with Crippen molar-refractivity contribution in [2.45, 2.75) is 32.4 Å². The number of hydrogen-bond acceptors (Lipinski definition) is 2. The Bertz CT molecular complexity index is 1070. The van der Waals surface area contributed by atoms with Gasteiger partial charge in [-0.15, -0.1) is 0 Å². The Morgan fingerprint density at radius 2 is 1.39 bits per heavy atom. The van der Waals surface area contributed by atoms with Crippen molar-refractivity contribution in [3.05, 3.63) is 102 Å². The highest BCUT2D eigenvalue weighted by atomic mass is 15.0. The molecule has 4 rings (SSSR count). The standard InChI is InChI=1S/C26H26N2/c1-26(2,3)28-25(20-12-5-4-6-13-20)24-18-10-17-23(27-24)22-16-9-14-19-11-7-8-15-21(19)22/h4-18,25,28H,1-3H3. The maximum absolute atomic E-state index is 5.09. The summed E-state index contributed by atoms with van der Waals surface area (Å²) in [7, 11) is 0. The zero-order chi connectivity index (χ0) is 19.6. The van der Waals surface area contributed by atoms with E-state index in [9.17, 15) is 0 Å². The van der Waals surface area contributed by atoms with Crippen LogP contribution >= 0.6 is 0 Å². The SMILES string of the molecule is CC(C)(C)NC(c1ccccc1)c1cccc(-c2cccc3ccccc23)n1. The lowest BCUT2D eigenvalue weighted by Crippen LogP contribution is -2.39. The molecule has 140 valence electrons. The quantitative estimate of drug-likeness (QED) is 0.453. The number of fused-ring (bicyclic) bond motifs is 1. The molecule has 1 N–H and O–H groups in total.